The van der Waals surface area contributed by atoms with Crippen molar-refractivity contribution in [2.24, 2.45) is 0 Å². The number of aryl methyl sites for hydroxylation is 2. The van der Waals surface area contributed by atoms with Crippen LogP contribution in [0.25, 0.3) is 10.9 Å². The van der Waals surface area contributed by atoms with Gasteiger partial charge in [-0.25, -0.2) is 0 Å². The summed E-state index contributed by atoms with van der Waals surface area (Å²) in [4.78, 5) is 3.58. The molecule has 1 aliphatic rings. The number of hydrogen-bond donors (Lipinski definition) is 1. The minimum absolute atomic E-state index is 0.225. The fourth-order valence-electron chi connectivity index (χ4n) is 3.51. The summed E-state index contributed by atoms with van der Waals surface area (Å²) in [5.74, 6) is 0. The van der Waals surface area contributed by atoms with Gasteiger partial charge in [-0.2, -0.15) is 0 Å². The maximum atomic E-state index is 6.21. The highest BCUT2D eigenvalue weighted by Crippen LogP contribution is 2.50. The number of hydrogen-bond acceptors (Lipinski definition) is 1. The molecule has 1 N–H and O–H groups in total. The SMILES string of the molecule is Cc1cc(C)c2c3c([nH]c2c1)C(C)(C)OC3(C)C. The van der Waals surface area contributed by atoms with Gasteiger partial charge in [-0.3, -0.25) is 0 Å². The second-order valence-corrected chi connectivity index (χ2v) is 6.50. The van der Waals surface area contributed by atoms with Gasteiger partial charge in [0.15, 0.2) is 0 Å². The third-order valence-electron chi connectivity index (χ3n) is 3.95. The van der Waals surface area contributed by atoms with Crippen LogP contribution in [0.3, 0.4) is 0 Å². The number of aromatic nitrogens is 1. The zero-order valence-corrected chi connectivity index (χ0v) is 12.1. The van der Waals surface area contributed by atoms with E-state index in [9.17, 15) is 0 Å². The van der Waals surface area contributed by atoms with Gasteiger partial charge in [0.25, 0.3) is 0 Å². The van der Waals surface area contributed by atoms with Crippen LogP contribution in [0.1, 0.15) is 50.1 Å². The monoisotopic (exact) mass is 243 g/mol. The van der Waals surface area contributed by atoms with Crippen molar-refractivity contribution >= 4 is 10.9 Å². The van der Waals surface area contributed by atoms with Crippen molar-refractivity contribution in [3.8, 4) is 0 Å². The Hall–Kier alpha value is -1.28. The summed E-state index contributed by atoms with van der Waals surface area (Å²) in [6.45, 7) is 12.9. The number of rotatable bonds is 0. The van der Waals surface area contributed by atoms with Crippen molar-refractivity contribution < 1.29 is 4.74 Å². The molecule has 2 nitrogen and oxygen atoms in total. The normalized spacial score (nSPS) is 20.3. The lowest BCUT2D eigenvalue weighted by Gasteiger charge is -2.25. The Kier molecular flexibility index (Phi) is 2.08. The summed E-state index contributed by atoms with van der Waals surface area (Å²) in [6.07, 6.45) is 0. The lowest BCUT2D eigenvalue weighted by Crippen LogP contribution is -2.23. The van der Waals surface area contributed by atoms with Crippen molar-refractivity contribution in [3.63, 3.8) is 0 Å². The Bertz CT molecular complexity index is 647. The molecule has 18 heavy (non-hydrogen) atoms. The number of ether oxygens (including phenoxy) is 1. The molecule has 0 atom stereocenters. The van der Waals surface area contributed by atoms with Crippen LogP contribution in [0, 0.1) is 13.8 Å². The molecule has 0 radical (unpaired) electrons. The molecule has 0 spiro atoms. The summed E-state index contributed by atoms with van der Waals surface area (Å²) >= 11 is 0. The van der Waals surface area contributed by atoms with Crippen LogP contribution in [-0.2, 0) is 15.9 Å². The number of fused-ring (bicyclic) bond motifs is 3. The average molecular weight is 243 g/mol. The molecule has 96 valence electrons. The first-order chi connectivity index (χ1) is 8.22. The van der Waals surface area contributed by atoms with Crippen LogP contribution in [0.2, 0.25) is 0 Å². The second kappa shape index (κ2) is 3.18. The highest BCUT2D eigenvalue weighted by molar-refractivity contribution is 5.90. The Morgan fingerprint density at radius 2 is 1.67 bits per heavy atom. The summed E-state index contributed by atoms with van der Waals surface area (Å²) in [5.41, 5.74) is 5.97. The number of benzene rings is 1. The van der Waals surface area contributed by atoms with Crippen molar-refractivity contribution in [1.29, 1.82) is 0 Å². The predicted octanol–water partition coefficient (Wildman–Crippen LogP) is 4.29. The smallest absolute Gasteiger partial charge is 0.104 e. The molecular weight excluding hydrogens is 222 g/mol. The van der Waals surface area contributed by atoms with Gasteiger partial charge in [0.1, 0.15) is 5.60 Å². The molecule has 3 rings (SSSR count). The van der Waals surface area contributed by atoms with Crippen LogP contribution in [0.5, 0.6) is 0 Å². The van der Waals surface area contributed by atoms with Gasteiger partial charge in [0.05, 0.1) is 11.3 Å². The molecule has 0 saturated heterocycles. The summed E-state index contributed by atoms with van der Waals surface area (Å²) < 4.78 is 6.21. The summed E-state index contributed by atoms with van der Waals surface area (Å²) in [7, 11) is 0. The van der Waals surface area contributed by atoms with Crippen LogP contribution < -0.4 is 0 Å². The van der Waals surface area contributed by atoms with Crippen molar-refractivity contribution in [2.45, 2.75) is 52.7 Å². The highest BCUT2D eigenvalue weighted by Gasteiger charge is 2.45. The van der Waals surface area contributed by atoms with E-state index >= 15 is 0 Å². The first-order valence-corrected chi connectivity index (χ1v) is 6.56. The third-order valence-corrected chi connectivity index (χ3v) is 3.95. The van der Waals surface area contributed by atoms with Gasteiger partial charge in [0.2, 0.25) is 0 Å². The number of H-pyrrole nitrogens is 1. The zero-order chi connectivity index (χ0) is 13.3. The standard InChI is InChI=1S/C16H21NO/c1-9-7-10(2)12-11(8-9)17-14-13(12)15(3,4)18-16(14,5)6/h7-8,17H,1-6H3. The van der Waals surface area contributed by atoms with E-state index in [2.05, 4.69) is 58.7 Å². The molecule has 0 amide bonds. The molecule has 2 heteroatoms. The van der Waals surface area contributed by atoms with Gasteiger partial charge in [-0.05, 0) is 58.7 Å². The molecule has 2 aromatic rings. The molecule has 1 aliphatic heterocycles. The molecule has 1 aromatic carbocycles. The van der Waals surface area contributed by atoms with Gasteiger partial charge < -0.3 is 9.72 Å². The van der Waals surface area contributed by atoms with E-state index in [1.165, 1.54) is 33.3 Å². The van der Waals surface area contributed by atoms with E-state index in [1.54, 1.807) is 0 Å². The Balaban J connectivity index is 2.46. The Morgan fingerprint density at radius 1 is 1.00 bits per heavy atom. The van der Waals surface area contributed by atoms with Crippen molar-refractivity contribution in [1.82, 2.24) is 4.98 Å². The van der Waals surface area contributed by atoms with E-state index in [1.807, 2.05) is 0 Å². The van der Waals surface area contributed by atoms with Gasteiger partial charge in [-0.15, -0.1) is 0 Å². The lowest BCUT2D eigenvalue weighted by molar-refractivity contribution is -0.106. The van der Waals surface area contributed by atoms with E-state index in [0.29, 0.717) is 0 Å². The van der Waals surface area contributed by atoms with Crippen molar-refractivity contribution in [3.05, 3.63) is 34.5 Å². The van der Waals surface area contributed by atoms with Gasteiger partial charge >= 0.3 is 0 Å². The lowest BCUT2D eigenvalue weighted by atomic mass is 9.92. The maximum absolute atomic E-state index is 6.21. The largest absolute Gasteiger partial charge is 0.359 e. The second-order valence-electron chi connectivity index (χ2n) is 6.50. The van der Waals surface area contributed by atoms with E-state index in [0.717, 1.165) is 0 Å². The quantitative estimate of drug-likeness (QED) is 0.733. The molecule has 0 unspecified atom stereocenters. The van der Waals surface area contributed by atoms with Crippen LogP contribution in [0.15, 0.2) is 12.1 Å². The summed E-state index contributed by atoms with van der Waals surface area (Å²) in [5, 5.41) is 1.34. The molecule has 0 aliphatic carbocycles. The minimum atomic E-state index is -0.238. The fourth-order valence-corrected chi connectivity index (χ4v) is 3.51. The first-order valence-electron chi connectivity index (χ1n) is 6.56. The van der Waals surface area contributed by atoms with Gasteiger partial charge in [0, 0.05) is 16.5 Å². The number of nitrogens with one attached hydrogen (secondary N) is 1. The van der Waals surface area contributed by atoms with Gasteiger partial charge in [-0.1, -0.05) is 6.07 Å². The maximum Gasteiger partial charge on any atom is 0.104 e. The first kappa shape index (κ1) is 11.8. The topological polar surface area (TPSA) is 25.0 Å². The molecule has 0 fully saturated rings. The summed E-state index contributed by atoms with van der Waals surface area (Å²) in [6, 6.07) is 4.48. The van der Waals surface area contributed by atoms with Crippen LogP contribution in [0.4, 0.5) is 0 Å². The molecular formula is C16H21NO. The van der Waals surface area contributed by atoms with Crippen LogP contribution >= 0.6 is 0 Å². The van der Waals surface area contributed by atoms with Crippen LogP contribution in [-0.4, -0.2) is 4.98 Å². The van der Waals surface area contributed by atoms with E-state index < -0.39 is 0 Å². The molecule has 2 heterocycles. The molecule has 0 saturated carbocycles. The molecule has 0 bridgehead atoms. The van der Waals surface area contributed by atoms with E-state index in [4.69, 9.17) is 4.74 Å². The van der Waals surface area contributed by atoms with Crippen molar-refractivity contribution in [2.75, 3.05) is 0 Å². The third kappa shape index (κ3) is 1.39. The zero-order valence-electron chi connectivity index (χ0n) is 12.1. The molecule has 1 aromatic heterocycles. The number of aromatic amines is 1. The minimum Gasteiger partial charge on any atom is -0.359 e. The Morgan fingerprint density at radius 3 is 2.33 bits per heavy atom. The average Bonchev–Trinajstić information content (AvgIpc) is 2.62. The van der Waals surface area contributed by atoms with E-state index in [-0.39, 0.29) is 11.2 Å². The highest BCUT2D eigenvalue weighted by atomic mass is 16.5. The Labute approximate surface area is 108 Å². The predicted molar refractivity (Wildman–Crippen MR) is 74.9 cm³/mol. The fraction of sp³-hybridized carbons (Fsp3) is 0.500.